The van der Waals surface area contributed by atoms with Gasteiger partial charge in [0, 0.05) is 20.1 Å². The molecule has 1 fully saturated rings. The van der Waals surface area contributed by atoms with Gasteiger partial charge < -0.3 is 0 Å². The molecule has 1 aliphatic rings. The molecule has 0 unspecified atom stereocenters. The highest BCUT2D eigenvalue weighted by Gasteiger charge is 2.32. The summed E-state index contributed by atoms with van der Waals surface area (Å²) in [5.41, 5.74) is 0.0417. The van der Waals surface area contributed by atoms with Crippen LogP contribution in [-0.2, 0) is 10.2 Å². The molecule has 0 spiro atoms. The van der Waals surface area contributed by atoms with Gasteiger partial charge in [-0.2, -0.15) is 12.7 Å². The second-order valence-corrected chi connectivity index (χ2v) is 5.61. The van der Waals surface area contributed by atoms with Crippen LogP contribution in [0.1, 0.15) is 13.8 Å². The molecule has 0 atom stereocenters. The summed E-state index contributed by atoms with van der Waals surface area (Å²) in [5, 5.41) is 0. The lowest BCUT2D eigenvalue weighted by atomic mass is 9.94. The number of nitrogens with zero attached hydrogens (tertiary/aromatic N) is 1. The van der Waals surface area contributed by atoms with Gasteiger partial charge in [-0.25, -0.2) is 4.72 Å². The summed E-state index contributed by atoms with van der Waals surface area (Å²) in [5.74, 6) is 0. The molecule has 0 saturated carbocycles. The van der Waals surface area contributed by atoms with E-state index in [9.17, 15) is 8.42 Å². The third-order valence-electron chi connectivity index (χ3n) is 1.79. The van der Waals surface area contributed by atoms with E-state index in [-0.39, 0.29) is 5.41 Å². The lowest BCUT2D eigenvalue weighted by Gasteiger charge is -2.35. The average Bonchev–Trinajstić information content (AvgIpc) is 1.81. The Morgan fingerprint density at radius 3 is 2.36 bits per heavy atom. The Morgan fingerprint density at radius 1 is 1.45 bits per heavy atom. The summed E-state index contributed by atoms with van der Waals surface area (Å²) in [6.07, 6.45) is 0. The lowest BCUT2D eigenvalue weighted by molar-refractivity contribution is 0.254. The van der Waals surface area contributed by atoms with Crippen molar-refractivity contribution in [1.82, 2.24) is 9.03 Å². The molecular formula is C6H14N2O2S. The fourth-order valence-electron chi connectivity index (χ4n) is 1.14. The van der Waals surface area contributed by atoms with E-state index in [4.69, 9.17) is 0 Å². The Bertz CT molecular complexity index is 245. The summed E-state index contributed by atoms with van der Waals surface area (Å²) in [7, 11) is -1.56. The molecule has 0 aromatic carbocycles. The first-order valence-electron chi connectivity index (χ1n) is 3.54. The smallest absolute Gasteiger partial charge is 0.202 e. The van der Waals surface area contributed by atoms with E-state index in [1.165, 1.54) is 4.31 Å². The number of rotatable bonds is 0. The van der Waals surface area contributed by atoms with Crippen molar-refractivity contribution >= 4 is 10.2 Å². The van der Waals surface area contributed by atoms with Gasteiger partial charge in [0.25, 0.3) is 10.2 Å². The zero-order valence-corrected chi connectivity index (χ0v) is 7.90. The van der Waals surface area contributed by atoms with E-state index in [0.29, 0.717) is 13.1 Å². The van der Waals surface area contributed by atoms with Crippen LogP contribution in [0, 0.1) is 5.41 Å². The van der Waals surface area contributed by atoms with Gasteiger partial charge in [0.2, 0.25) is 0 Å². The molecule has 1 rings (SSSR count). The SMILES string of the molecule is CN1CC(C)(C)CNS1(=O)=O. The summed E-state index contributed by atoms with van der Waals surface area (Å²) >= 11 is 0. The van der Waals surface area contributed by atoms with Crippen LogP contribution in [0.15, 0.2) is 0 Å². The standard InChI is InChI=1S/C6H14N2O2S/c1-6(2)4-7-11(9,10)8(3)5-6/h7H,4-5H2,1-3H3. The lowest BCUT2D eigenvalue weighted by Crippen LogP contribution is -2.53. The van der Waals surface area contributed by atoms with Crippen LogP contribution >= 0.6 is 0 Å². The first-order valence-corrected chi connectivity index (χ1v) is 4.98. The van der Waals surface area contributed by atoms with Gasteiger partial charge in [-0.3, -0.25) is 0 Å². The van der Waals surface area contributed by atoms with Gasteiger partial charge in [-0.05, 0) is 5.41 Å². The van der Waals surface area contributed by atoms with Gasteiger partial charge in [0.15, 0.2) is 0 Å². The Balaban J connectivity index is 2.79. The van der Waals surface area contributed by atoms with Gasteiger partial charge >= 0.3 is 0 Å². The normalized spacial score (nSPS) is 30.1. The van der Waals surface area contributed by atoms with Gasteiger partial charge in [0.05, 0.1) is 0 Å². The van der Waals surface area contributed by atoms with Crippen LogP contribution in [0.3, 0.4) is 0 Å². The number of hydrogen-bond acceptors (Lipinski definition) is 2. The van der Waals surface area contributed by atoms with Crippen LogP contribution in [0.2, 0.25) is 0 Å². The van der Waals surface area contributed by atoms with E-state index >= 15 is 0 Å². The molecular weight excluding hydrogens is 164 g/mol. The molecule has 0 aromatic heterocycles. The Morgan fingerprint density at radius 2 is 2.00 bits per heavy atom. The van der Waals surface area contributed by atoms with E-state index in [2.05, 4.69) is 4.72 Å². The number of nitrogens with one attached hydrogen (secondary N) is 1. The van der Waals surface area contributed by atoms with E-state index in [1.54, 1.807) is 7.05 Å². The average molecular weight is 178 g/mol. The maximum absolute atomic E-state index is 11.1. The predicted molar refractivity (Wildman–Crippen MR) is 43.3 cm³/mol. The van der Waals surface area contributed by atoms with Crippen LogP contribution in [-0.4, -0.2) is 32.9 Å². The minimum Gasteiger partial charge on any atom is -0.202 e. The highest BCUT2D eigenvalue weighted by atomic mass is 32.2. The van der Waals surface area contributed by atoms with Crippen molar-refractivity contribution in [1.29, 1.82) is 0 Å². The van der Waals surface area contributed by atoms with E-state index in [0.717, 1.165) is 0 Å². The molecule has 1 saturated heterocycles. The van der Waals surface area contributed by atoms with Gasteiger partial charge in [0.1, 0.15) is 0 Å². The molecule has 1 heterocycles. The van der Waals surface area contributed by atoms with Crippen molar-refractivity contribution < 1.29 is 8.42 Å². The summed E-state index contributed by atoms with van der Waals surface area (Å²) < 4.78 is 26.0. The third kappa shape index (κ3) is 1.91. The molecule has 0 amide bonds. The maximum atomic E-state index is 11.1. The quantitative estimate of drug-likeness (QED) is 0.558. The van der Waals surface area contributed by atoms with Crippen LogP contribution in [0.5, 0.6) is 0 Å². The highest BCUT2D eigenvalue weighted by Crippen LogP contribution is 2.20. The van der Waals surface area contributed by atoms with Gasteiger partial charge in [-0.15, -0.1) is 0 Å². The molecule has 4 nitrogen and oxygen atoms in total. The molecule has 0 aromatic rings. The Hall–Kier alpha value is -0.130. The second kappa shape index (κ2) is 2.43. The van der Waals surface area contributed by atoms with Crippen molar-refractivity contribution in [3.8, 4) is 0 Å². The topological polar surface area (TPSA) is 49.4 Å². The van der Waals surface area contributed by atoms with Crippen LogP contribution < -0.4 is 4.72 Å². The molecule has 1 N–H and O–H groups in total. The minimum atomic E-state index is -3.15. The van der Waals surface area contributed by atoms with E-state index < -0.39 is 10.2 Å². The molecule has 66 valence electrons. The summed E-state index contributed by atoms with van der Waals surface area (Å²) in [4.78, 5) is 0. The molecule has 0 bridgehead atoms. The summed E-state index contributed by atoms with van der Waals surface area (Å²) in [6.45, 7) is 5.18. The fourth-order valence-corrected chi connectivity index (χ4v) is 2.45. The number of hydrogen-bond donors (Lipinski definition) is 1. The molecule has 5 heteroatoms. The van der Waals surface area contributed by atoms with Crippen molar-refractivity contribution in [2.75, 3.05) is 20.1 Å². The zero-order chi connectivity index (χ0) is 8.70. The third-order valence-corrected chi connectivity index (χ3v) is 3.25. The monoisotopic (exact) mass is 178 g/mol. The van der Waals surface area contributed by atoms with E-state index in [1.807, 2.05) is 13.8 Å². The molecule has 0 aliphatic carbocycles. The molecule has 1 aliphatic heterocycles. The first kappa shape index (κ1) is 8.96. The minimum absolute atomic E-state index is 0.0417. The summed E-state index contributed by atoms with van der Waals surface area (Å²) in [6, 6.07) is 0. The van der Waals surface area contributed by atoms with Crippen molar-refractivity contribution in [3.05, 3.63) is 0 Å². The molecule has 11 heavy (non-hydrogen) atoms. The van der Waals surface area contributed by atoms with Crippen molar-refractivity contribution in [2.24, 2.45) is 5.41 Å². The van der Waals surface area contributed by atoms with Crippen molar-refractivity contribution in [3.63, 3.8) is 0 Å². The van der Waals surface area contributed by atoms with Crippen LogP contribution in [0.25, 0.3) is 0 Å². The first-order chi connectivity index (χ1) is 4.83. The molecule has 0 radical (unpaired) electrons. The van der Waals surface area contributed by atoms with Crippen LogP contribution in [0.4, 0.5) is 0 Å². The van der Waals surface area contributed by atoms with Gasteiger partial charge in [-0.1, -0.05) is 13.8 Å². The maximum Gasteiger partial charge on any atom is 0.279 e. The highest BCUT2D eigenvalue weighted by molar-refractivity contribution is 7.87. The fraction of sp³-hybridized carbons (Fsp3) is 1.00. The predicted octanol–water partition coefficient (Wildman–Crippen LogP) is -0.208. The second-order valence-electron chi connectivity index (χ2n) is 3.75. The largest absolute Gasteiger partial charge is 0.279 e. The van der Waals surface area contributed by atoms with Crippen molar-refractivity contribution in [2.45, 2.75) is 13.8 Å². The Labute approximate surface area is 67.8 Å². The zero-order valence-electron chi connectivity index (χ0n) is 7.09. The Kier molecular flexibility index (Phi) is 1.98.